The van der Waals surface area contributed by atoms with Crippen molar-refractivity contribution >= 4 is 13.7 Å². The van der Waals surface area contributed by atoms with Crippen molar-refractivity contribution in [3.63, 3.8) is 0 Å². The first-order valence-electron chi connectivity index (χ1n) is 12.1. The van der Waals surface area contributed by atoms with Gasteiger partial charge < -0.3 is 44.3 Å². The fraction of sp³-hybridized carbons (Fsp3) is 0.522. The first-order valence-corrected chi connectivity index (χ1v) is 13.8. The molecule has 16 heteroatoms. The van der Waals surface area contributed by atoms with Crippen LogP contribution < -0.4 is 26.0 Å². The van der Waals surface area contributed by atoms with Gasteiger partial charge in [0.05, 0.1) is 13.2 Å². The Balaban J connectivity index is 1.43. The minimum absolute atomic E-state index is 0.0302. The van der Waals surface area contributed by atoms with E-state index in [0.29, 0.717) is 5.75 Å². The number of carbonyl (C=O) groups is 1. The zero-order chi connectivity index (χ0) is 28.3. The predicted molar refractivity (Wildman–Crippen MR) is 132 cm³/mol. The van der Waals surface area contributed by atoms with E-state index in [1.807, 2.05) is 4.98 Å². The van der Waals surface area contributed by atoms with E-state index in [4.69, 9.17) is 18.9 Å². The number of benzene rings is 1. The van der Waals surface area contributed by atoms with Crippen LogP contribution in [0.2, 0.25) is 0 Å². The third-order valence-electron chi connectivity index (χ3n) is 6.50. The number of H-pyrrole nitrogens is 1. The number of methoxy groups -OCH3 is 1. The summed E-state index contributed by atoms with van der Waals surface area (Å²) in [4.78, 5) is 57.7. The largest absolute Gasteiger partial charge is 0.493 e. The molecule has 0 radical (unpaired) electrons. The molecule has 1 aliphatic heterocycles. The highest BCUT2D eigenvalue weighted by molar-refractivity contribution is 7.52. The Bertz CT molecular complexity index is 1330. The molecule has 1 aliphatic carbocycles. The molecule has 6 N–H and O–H groups in total. The lowest BCUT2D eigenvalue weighted by Crippen LogP contribution is -2.40. The Morgan fingerprint density at radius 1 is 1.18 bits per heavy atom. The van der Waals surface area contributed by atoms with Crippen molar-refractivity contribution in [3.05, 3.63) is 56.9 Å². The number of nitrogens with zero attached hydrogens (tertiary/aromatic N) is 1. The molecule has 5 atom stereocenters. The molecule has 0 spiro atoms. The molecule has 2 fully saturated rings. The molecule has 2 aliphatic rings. The monoisotopic (exact) mass is 571 g/mol. The van der Waals surface area contributed by atoms with Crippen molar-refractivity contribution in [2.75, 3.05) is 13.7 Å². The second kappa shape index (κ2) is 11.9. The smallest absolute Gasteiger partial charge is 0.408 e. The Labute approximate surface area is 221 Å². The molecule has 1 unspecified atom stereocenters. The summed E-state index contributed by atoms with van der Waals surface area (Å²) in [6.45, 7) is -0.446. The van der Waals surface area contributed by atoms with E-state index in [1.165, 1.54) is 25.3 Å². The van der Waals surface area contributed by atoms with Gasteiger partial charge in [0, 0.05) is 24.4 Å². The highest BCUT2D eigenvalue weighted by Crippen LogP contribution is 2.53. The van der Waals surface area contributed by atoms with Gasteiger partial charge in [0.2, 0.25) is 5.85 Å². The summed E-state index contributed by atoms with van der Waals surface area (Å²) in [5.41, 5.74) is -1.58. The van der Waals surface area contributed by atoms with Gasteiger partial charge in [-0.3, -0.25) is 18.9 Å². The molecule has 0 bridgehead atoms. The topological polar surface area (TPSA) is 219 Å². The van der Waals surface area contributed by atoms with Crippen molar-refractivity contribution in [2.45, 2.75) is 62.2 Å². The summed E-state index contributed by atoms with van der Waals surface area (Å²) < 4.78 is 34.9. The van der Waals surface area contributed by atoms with E-state index in [9.17, 15) is 38.9 Å². The Kier molecular flexibility index (Phi) is 8.79. The van der Waals surface area contributed by atoms with Gasteiger partial charge in [-0.2, -0.15) is 0 Å². The van der Waals surface area contributed by atoms with Gasteiger partial charge in [-0.15, -0.1) is 0 Å². The molecule has 4 rings (SSSR count). The first kappa shape index (κ1) is 28.8. The molecule has 1 amide bonds. The average Bonchev–Trinajstić information content (AvgIpc) is 3.49. The van der Waals surface area contributed by atoms with Crippen molar-refractivity contribution < 1.29 is 48.3 Å². The minimum atomic E-state index is -5.03. The number of ether oxygens (including phenoxy) is 4. The highest BCUT2D eigenvalue weighted by atomic mass is 31.2. The first-order chi connectivity index (χ1) is 18.5. The number of aromatic amines is 1. The normalized spacial score (nSPS) is 24.3. The summed E-state index contributed by atoms with van der Waals surface area (Å²) in [5.74, 6) is -1.38. The number of nitrogens with one attached hydrogen (secondary N) is 2. The molecular weight excluding hydrogens is 541 g/mol. The van der Waals surface area contributed by atoms with Crippen LogP contribution in [-0.2, 0) is 14.0 Å². The molecule has 1 saturated carbocycles. The van der Waals surface area contributed by atoms with Crippen LogP contribution in [0.1, 0.15) is 43.3 Å². The summed E-state index contributed by atoms with van der Waals surface area (Å²) in [6, 6.07) is 5.16. The maximum atomic E-state index is 12.5. The molecular formula is C23H30N3O12P. The maximum absolute atomic E-state index is 12.5. The van der Waals surface area contributed by atoms with Gasteiger partial charge in [0.25, 0.3) is 5.56 Å². The number of rotatable bonds is 9. The van der Waals surface area contributed by atoms with Gasteiger partial charge in [-0.1, -0.05) is 6.07 Å². The van der Waals surface area contributed by atoms with Gasteiger partial charge in [-0.05, 0) is 37.8 Å². The summed E-state index contributed by atoms with van der Waals surface area (Å²) >= 11 is 0. The van der Waals surface area contributed by atoms with Crippen molar-refractivity contribution in [1.82, 2.24) is 14.9 Å². The van der Waals surface area contributed by atoms with Crippen LogP contribution in [-0.4, -0.2) is 73.7 Å². The third kappa shape index (κ3) is 6.69. The predicted octanol–water partition coefficient (Wildman–Crippen LogP) is 0.0885. The number of amides is 1. The van der Waals surface area contributed by atoms with E-state index in [1.54, 1.807) is 0 Å². The fourth-order valence-corrected chi connectivity index (χ4v) is 5.32. The van der Waals surface area contributed by atoms with Crippen molar-refractivity contribution in [2.24, 2.45) is 0 Å². The van der Waals surface area contributed by atoms with Crippen LogP contribution in [0.25, 0.3) is 0 Å². The number of hydrogen-bond acceptors (Lipinski definition) is 10. The molecule has 2 heterocycles. The number of hydrogen-bond donors (Lipinski definition) is 6. The number of alkyl carbamates (subject to hydrolysis) is 1. The lowest BCUT2D eigenvalue weighted by molar-refractivity contribution is -0.0391. The average molecular weight is 571 g/mol. The number of carbonyl (C=O) groups excluding carboxylic acids is 1. The van der Waals surface area contributed by atoms with Gasteiger partial charge in [-0.25, -0.2) is 9.59 Å². The van der Waals surface area contributed by atoms with Crippen LogP contribution in [0.5, 0.6) is 11.5 Å². The molecule has 1 aromatic heterocycles. The number of aliphatic hydroxyl groups excluding tert-OH is 2. The minimum Gasteiger partial charge on any atom is -0.493 e. The van der Waals surface area contributed by atoms with Crippen molar-refractivity contribution in [3.8, 4) is 11.5 Å². The highest BCUT2D eigenvalue weighted by Gasteiger charge is 2.44. The SMILES string of the molecule is COc1ccc(C(OC(=O)NC[C@H]2O[C@@H](n3ccc(=O)[nH]c3=O)[C@H](O)[C@@H]2O)P(=O)(O)O)cc1OC1CCCC1. The second-order valence-corrected chi connectivity index (χ2v) is 10.9. The standard InChI is InChI=1S/C23H30N3O12P/c1-35-14-7-6-12(10-15(14)36-13-4-2-3-5-13)21(39(32,33)34)38-23(31)24-11-16-18(28)19(29)20(37-16)26-9-8-17(27)25-22(26)30/h6-10,13,16,18-21,28-29H,2-5,11H2,1H3,(H,24,31)(H,25,27,30)(H2,32,33,34)/t16-,18-,19-,20-,21?/m1/s1. The van der Waals surface area contributed by atoms with Crippen molar-refractivity contribution in [1.29, 1.82) is 0 Å². The summed E-state index contributed by atoms with van der Waals surface area (Å²) in [7, 11) is -3.60. The Hall–Kier alpha value is -3.20. The Morgan fingerprint density at radius 2 is 1.90 bits per heavy atom. The quantitative estimate of drug-likeness (QED) is 0.221. The van der Waals surface area contributed by atoms with Crippen LogP contribution >= 0.6 is 7.60 Å². The maximum Gasteiger partial charge on any atom is 0.408 e. The second-order valence-electron chi connectivity index (χ2n) is 9.23. The van der Waals surface area contributed by atoms with E-state index < -0.39 is 61.9 Å². The zero-order valence-corrected chi connectivity index (χ0v) is 21.7. The van der Waals surface area contributed by atoms with Crippen LogP contribution in [0.15, 0.2) is 40.1 Å². The molecule has 39 heavy (non-hydrogen) atoms. The lowest BCUT2D eigenvalue weighted by Gasteiger charge is -2.22. The van der Waals surface area contributed by atoms with Gasteiger partial charge in [0.1, 0.15) is 18.3 Å². The van der Waals surface area contributed by atoms with E-state index >= 15 is 0 Å². The van der Waals surface area contributed by atoms with Crippen LogP contribution in [0.4, 0.5) is 4.79 Å². The molecule has 1 saturated heterocycles. The number of aromatic nitrogens is 2. The summed E-state index contributed by atoms with van der Waals surface area (Å²) in [6.07, 6.45) is -2.31. The molecule has 2 aromatic rings. The summed E-state index contributed by atoms with van der Waals surface area (Å²) in [5, 5.41) is 22.9. The zero-order valence-electron chi connectivity index (χ0n) is 20.8. The van der Waals surface area contributed by atoms with E-state index in [0.717, 1.165) is 42.5 Å². The Morgan fingerprint density at radius 3 is 2.54 bits per heavy atom. The number of aliphatic hydroxyl groups is 2. The molecule has 1 aromatic carbocycles. The van der Waals surface area contributed by atoms with E-state index in [2.05, 4.69) is 5.32 Å². The lowest BCUT2D eigenvalue weighted by atomic mass is 10.1. The van der Waals surface area contributed by atoms with E-state index in [-0.39, 0.29) is 17.4 Å². The van der Waals surface area contributed by atoms with Gasteiger partial charge >= 0.3 is 19.4 Å². The van der Waals surface area contributed by atoms with Crippen LogP contribution in [0, 0.1) is 0 Å². The van der Waals surface area contributed by atoms with Gasteiger partial charge in [0.15, 0.2) is 17.7 Å². The third-order valence-corrected chi connectivity index (χ3v) is 7.52. The fourth-order valence-electron chi connectivity index (χ4n) is 4.54. The molecule has 15 nitrogen and oxygen atoms in total. The molecule has 214 valence electrons. The van der Waals surface area contributed by atoms with Crippen LogP contribution in [0.3, 0.4) is 0 Å².